The molecule has 2 aliphatic rings. The number of hydrogen-bond acceptors (Lipinski definition) is 4. The van der Waals surface area contributed by atoms with E-state index in [2.05, 4.69) is 24.1 Å². The van der Waals surface area contributed by atoms with Crippen LogP contribution < -0.4 is 10.2 Å². The van der Waals surface area contributed by atoms with Gasteiger partial charge in [-0.25, -0.2) is 4.98 Å². The first-order chi connectivity index (χ1) is 8.83. The Morgan fingerprint density at radius 3 is 2.83 bits per heavy atom. The Hall–Kier alpha value is -0.610. The molecule has 3 rings (SSSR count). The molecule has 2 aliphatic carbocycles. The first kappa shape index (κ1) is 12.4. The van der Waals surface area contributed by atoms with Crippen LogP contribution in [0.2, 0.25) is 0 Å². The molecule has 1 N–H and O–H groups in total. The number of thiazole rings is 1. The van der Waals surface area contributed by atoms with Crippen LogP contribution in [0.4, 0.5) is 5.13 Å². The zero-order chi connectivity index (χ0) is 12.5. The van der Waals surface area contributed by atoms with Crippen molar-refractivity contribution in [1.82, 2.24) is 10.3 Å². The molecular formula is C14H23N3S. The quantitative estimate of drug-likeness (QED) is 0.886. The summed E-state index contributed by atoms with van der Waals surface area (Å²) in [5, 5.41) is 4.85. The highest BCUT2D eigenvalue weighted by Gasteiger charge is 2.32. The number of aromatic nitrogens is 1. The van der Waals surface area contributed by atoms with Gasteiger partial charge in [-0.05, 0) is 45.6 Å². The van der Waals surface area contributed by atoms with Crippen LogP contribution in [0.15, 0.2) is 0 Å². The highest BCUT2D eigenvalue weighted by molar-refractivity contribution is 7.15. The molecule has 100 valence electrons. The van der Waals surface area contributed by atoms with Crippen molar-refractivity contribution in [3.05, 3.63) is 10.6 Å². The Morgan fingerprint density at radius 1 is 1.33 bits per heavy atom. The molecule has 0 spiro atoms. The van der Waals surface area contributed by atoms with Gasteiger partial charge in [0.1, 0.15) is 0 Å². The lowest BCUT2D eigenvalue weighted by atomic mass is 9.98. The number of hydrogen-bond donors (Lipinski definition) is 1. The Kier molecular flexibility index (Phi) is 3.57. The van der Waals surface area contributed by atoms with Crippen LogP contribution in [0.1, 0.15) is 56.1 Å². The molecule has 0 saturated heterocycles. The van der Waals surface area contributed by atoms with Gasteiger partial charge in [0.05, 0.1) is 11.7 Å². The van der Waals surface area contributed by atoms with Gasteiger partial charge in [-0.3, -0.25) is 0 Å². The van der Waals surface area contributed by atoms with Crippen LogP contribution >= 0.6 is 11.3 Å². The van der Waals surface area contributed by atoms with Gasteiger partial charge in [-0.15, -0.1) is 11.3 Å². The zero-order valence-corrected chi connectivity index (χ0v) is 12.2. The van der Waals surface area contributed by atoms with Gasteiger partial charge in [0, 0.05) is 17.5 Å². The van der Waals surface area contributed by atoms with Gasteiger partial charge in [0.25, 0.3) is 0 Å². The molecule has 1 heterocycles. The number of aryl methyl sites for hydroxylation is 1. The summed E-state index contributed by atoms with van der Waals surface area (Å²) in [6.45, 7) is 6.57. The molecule has 0 bridgehead atoms. The Labute approximate surface area is 114 Å². The third-order valence-corrected chi connectivity index (χ3v) is 5.14. The van der Waals surface area contributed by atoms with Crippen molar-refractivity contribution in [2.45, 2.75) is 58.0 Å². The molecule has 4 heteroatoms. The predicted molar refractivity (Wildman–Crippen MR) is 77.5 cm³/mol. The maximum absolute atomic E-state index is 4.97. The average Bonchev–Trinajstić information content (AvgIpc) is 3.10. The van der Waals surface area contributed by atoms with Crippen LogP contribution in [-0.2, 0) is 6.42 Å². The lowest BCUT2D eigenvalue weighted by Gasteiger charge is -2.21. The predicted octanol–water partition coefficient (Wildman–Crippen LogP) is 3.12. The standard InChI is InChI=1S/C14H23N3S/c1-3-15-11-6-5-7-12-13(11)16-14(18-12)17(4-2)10-8-9-10/h10-11,15H,3-9H2,1-2H3. The van der Waals surface area contributed by atoms with Crippen LogP contribution in [0.25, 0.3) is 0 Å². The van der Waals surface area contributed by atoms with E-state index >= 15 is 0 Å². The Bertz CT molecular complexity index is 411. The maximum atomic E-state index is 4.97. The van der Waals surface area contributed by atoms with E-state index in [-0.39, 0.29) is 0 Å². The molecule has 0 radical (unpaired) electrons. The lowest BCUT2D eigenvalue weighted by molar-refractivity contribution is 0.465. The number of rotatable bonds is 5. The Morgan fingerprint density at radius 2 is 2.17 bits per heavy atom. The summed E-state index contributed by atoms with van der Waals surface area (Å²) in [7, 11) is 0. The largest absolute Gasteiger partial charge is 0.345 e. The lowest BCUT2D eigenvalue weighted by Crippen LogP contribution is -2.26. The summed E-state index contributed by atoms with van der Waals surface area (Å²) < 4.78 is 0. The van der Waals surface area contributed by atoms with E-state index in [1.165, 1.54) is 47.8 Å². The smallest absolute Gasteiger partial charge is 0.186 e. The fourth-order valence-corrected chi connectivity index (χ4v) is 4.21. The Balaban J connectivity index is 1.85. The summed E-state index contributed by atoms with van der Waals surface area (Å²) in [6.07, 6.45) is 6.50. The van der Waals surface area contributed by atoms with Crippen molar-refractivity contribution in [2.24, 2.45) is 0 Å². The van der Waals surface area contributed by atoms with E-state index in [4.69, 9.17) is 4.98 Å². The fourth-order valence-electron chi connectivity index (χ4n) is 2.91. The molecule has 1 unspecified atom stereocenters. The molecule has 1 atom stereocenters. The van der Waals surface area contributed by atoms with E-state index in [9.17, 15) is 0 Å². The SMILES string of the molecule is CCNC1CCCc2sc(N(CC)C3CC3)nc21. The number of nitrogens with zero attached hydrogens (tertiary/aromatic N) is 2. The minimum Gasteiger partial charge on any atom is -0.345 e. The van der Waals surface area contributed by atoms with Gasteiger partial charge in [-0.1, -0.05) is 6.92 Å². The normalized spacial score (nSPS) is 22.9. The molecule has 0 amide bonds. The molecule has 1 fully saturated rings. The van der Waals surface area contributed by atoms with E-state index in [0.29, 0.717) is 6.04 Å². The molecule has 1 aromatic heterocycles. The second-order valence-corrected chi connectivity index (χ2v) is 6.39. The molecule has 3 nitrogen and oxygen atoms in total. The van der Waals surface area contributed by atoms with E-state index in [0.717, 1.165) is 19.1 Å². The number of anilines is 1. The summed E-state index contributed by atoms with van der Waals surface area (Å²) in [5.41, 5.74) is 1.35. The summed E-state index contributed by atoms with van der Waals surface area (Å²) in [6, 6.07) is 1.28. The summed E-state index contributed by atoms with van der Waals surface area (Å²) in [4.78, 5) is 9.00. The van der Waals surface area contributed by atoms with Crippen molar-refractivity contribution < 1.29 is 0 Å². The van der Waals surface area contributed by atoms with Gasteiger partial charge in [-0.2, -0.15) is 0 Å². The van der Waals surface area contributed by atoms with Gasteiger partial charge >= 0.3 is 0 Å². The van der Waals surface area contributed by atoms with Crippen LogP contribution in [-0.4, -0.2) is 24.1 Å². The molecule has 1 aromatic rings. The minimum absolute atomic E-state index is 0.502. The van der Waals surface area contributed by atoms with Crippen molar-refractivity contribution in [2.75, 3.05) is 18.0 Å². The third kappa shape index (κ3) is 2.28. The van der Waals surface area contributed by atoms with Crippen molar-refractivity contribution in [3.63, 3.8) is 0 Å². The summed E-state index contributed by atoms with van der Waals surface area (Å²) in [5.74, 6) is 0. The van der Waals surface area contributed by atoms with E-state index in [1.807, 2.05) is 11.3 Å². The minimum atomic E-state index is 0.502. The van der Waals surface area contributed by atoms with Crippen molar-refractivity contribution in [3.8, 4) is 0 Å². The maximum Gasteiger partial charge on any atom is 0.186 e. The van der Waals surface area contributed by atoms with E-state index < -0.39 is 0 Å². The van der Waals surface area contributed by atoms with Gasteiger partial charge < -0.3 is 10.2 Å². The second kappa shape index (κ2) is 5.17. The average molecular weight is 265 g/mol. The number of nitrogens with one attached hydrogen (secondary N) is 1. The van der Waals surface area contributed by atoms with Crippen LogP contribution in [0.5, 0.6) is 0 Å². The van der Waals surface area contributed by atoms with Crippen LogP contribution in [0, 0.1) is 0 Å². The van der Waals surface area contributed by atoms with E-state index in [1.54, 1.807) is 0 Å². The number of fused-ring (bicyclic) bond motifs is 1. The van der Waals surface area contributed by atoms with Gasteiger partial charge in [0.15, 0.2) is 5.13 Å². The van der Waals surface area contributed by atoms with Gasteiger partial charge in [0.2, 0.25) is 0 Å². The third-order valence-electron chi connectivity index (χ3n) is 3.97. The highest BCUT2D eigenvalue weighted by Crippen LogP contribution is 2.39. The molecular weight excluding hydrogens is 242 g/mol. The van der Waals surface area contributed by atoms with Crippen molar-refractivity contribution in [1.29, 1.82) is 0 Å². The van der Waals surface area contributed by atoms with Crippen molar-refractivity contribution >= 4 is 16.5 Å². The first-order valence-corrected chi connectivity index (χ1v) is 8.14. The first-order valence-electron chi connectivity index (χ1n) is 7.33. The summed E-state index contributed by atoms with van der Waals surface area (Å²) >= 11 is 1.94. The fraction of sp³-hybridized carbons (Fsp3) is 0.786. The molecule has 18 heavy (non-hydrogen) atoms. The molecule has 0 aliphatic heterocycles. The van der Waals surface area contributed by atoms with Crippen LogP contribution in [0.3, 0.4) is 0 Å². The topological polar surface area (TPSA) is 28.2 Å². The zero-order valence-electron chi connectivity index (χ0n) is 11.4. The highest BCUT2D eigenvalue weighted by atomic mass is 32.1. The molecule has 0 aromatic carbocycles. The monoisotopic (exact) mass is 265 g/mol. The second-order valence-electron chi connectivity index (χ2n) is 5.32. The molecule has 1 saturated carbocycles.